The minimum absolute atomic E-state index is 0.00245. The minimum atomic E-state index is -0.889. The van der Waals surface area contributed by atoms with Gasteiger partial charge in [-0.1, -0.05) is 19.9 Å². The van der Waals surface area contributed by atoms with Crippen LogP contribution in [0.3, 0.4) is 0 Å². The molecule has 3 rings (SSSR count). The molecule has 9 nitrogen and oxygen atoms in total. The number of hydrogen-bond acceptors (Lipinski definition) is 6. The first-order chi connectivity index (χ1) is 15.8. The number of amides is 3. The number of carbonyl (C=O) groups excluding carboxylic acids is 4. The van der Waals surface area contributed by atoms with Gasteiger partial charge in [0.15, 0.2) is 0 Å². The molecule has 0 aliphatic carbocycles. The molecule has 0 saturated carbocycles. The van der Waals surface area contributed by atoms with Crippen molar-refractivity contribution in [3.8, 4) is 0 Å². The van der Waals surface area contributed by atoms with Crippen molar-refractivity contribution in [2.45, 2.75) is 45.6 Å². The molecule has 0 radical (unpaired) electrons. The van der Waals surface area contributed by atoms with E-state index in [1.54, 1.807) is 24.3 Å². The molecule has 0 bridgehead atoms. The second-order valence-corrected chi connectivity index (χ2v) is 8.96. The predicted octanol–water partition coefficient (Wildman–Crippen LogP) is 1.64. The molecule has 2 aliphatic rings. The molecular weight excluding hydrogens is 424 g/mol. The highest BCUT2D eigenvalue weighted by atomic mass is 16.5. The third-order valence-electron chi connectivity index (χ3n) is 5.79. The number of benzene rings is 1. The standard InChI is InChI=1S/C24H34N4O5/c1-17(2)16-33-22(30)14-20-23(31)25-9-12-28(20)21(29)15-26-19-8-6-7-18(13-19)24(32)27-10-4-3-5-11-27/h6-8,13,17,20,26H,3-5,9-12,14-16H2,1-2H3,(H,25,31). The quantitative estimate of drug-likeness (QED) is 0.574. The van der Waals surface area contributed by atoms with E-state index in [-0.39, 0.29) is 43.2 Å². The van der Waals surface area contributed by atoms with Crippen molar-refractivity contribution < 1.29 is 23.9 Å². The molecule has 2 aliphatic heterocycles. The highest BCUT2D eigenvalue weighted by Gasteiger charge is 2.35. The largest absolute Gasteiger partial charge is 0.465 e. The summed E-state index contributed by atoms with van der Waals surface area (Å²) >= 11 is 0. The van der Waals surface area contributed by atoms with Crippen molar-refractivity contribution in [1.29, 1.82) is 0 Å². The number of anilines is 1. The molecular formula is C24H34N4O5. The summed E-state index contributed by atoms with van der Waals surface area (Å²) in [6, 6.07) is 6.21. The van der Waals surface area contributed by atoms with Gasteiger partial charge in [0, 0.05) is 37.4 Å². The number of rotatable bonds is 8. The van der Waals surface area contributed by atoms with Crippen LogP contribution in [0.15, 0.2) is 24.3 Å². The van der Waals surface area contributed by atoms with Crippen LogP contribution < -0.4 is 10.6 Å². The predicted molar refractivity (Wildman–Crippen MR) is 124 cm³/mol. The Hall–Kier alpha value is -3.10. The van der Waals surface area contributed by atoms with Gasteiger partial charge in [0.2, 0.25) is 11.8 Å². The maximum absolute atomic E-state index is 12.9. The van der Waals surface area contributed by atoms with E-state index in [0.717, 1.165) is 32.4 Å². The molecule has 9 heteroatoms. The molecule has 1 aromatic carbocycles. The van der Waals surface area contributed by atoms with E-state index in [4.69, 9.17) is 4.74 Å². The van der Waals surface area contributed by atoms with Crippen LogP contribution in [0, 0.1) is 5.92 Å². The van der Waals surface area contributed by atoms with E-state index in [2.05, 4.69) is 10.6 Å². The molecule has 33 heavy (non-hydrogen) atoms. The Kier molecular flexibility index (Phi) is 8.68. The van der Waals surface area contributed by atoms with E-state index in [9.17, 15) is 19.2 Å². The van der Waals surface area contributed by atoms with Gasteiger partial charge in [0.05, 0.1) is 19.6 Å². The SMILES string of the molecule is CC(C)COC(=O)CC1C(=O)NCCN1C(=O)CNc1cccc(C(=O)N2CCCCC2)c1. The highest BCUT2D eigenvalue weighted by molar-refractivity contribution is 5.96. The molecule has 0 aromatic heterocycles. The van der Waals surface area contributed by atoms with Gasteiger partial charge in [-0.05, 0) is 43.4 Å². The summed E-state index contributed by atoms with van der Waals surface area (Å²) < 4.78 is 5.19. The number of hydrogen-bond donors (Lipinski definition) is 2. The Balaban J connectivity index is 1.58. The number of nitrogens with zero attached hydrogens (tertiary/aromatic N) is 2. The van der Waals surface area contributed by atoms with Crippen molar-refractivity contribution in [1.82, 2.24) is 15.1 Å². The Morgan fingerprint density at radius 3 is 2.64 bits per heavy atom. The van der Waals surface area contributed by atoms with E-state index in [1.807, 2.05) is 18.7 Å². The summed E-state index contributed by atoms with van der Waals surface area (Å²) in [6.07, 6.45) is 3.02. The van der Waals surface area contributed by atoms with Gasteiger partial charge in [0.1, 0.15) is 6.04 Å². The van der Waals surface area contributed by atoms with Gasteiger partial charge in [-0.15, -0.1) is 0 Å². The lowest BCUT2D eigenvalue weighted by Gasteiger charge is -2.34. The average molecular weight is 459 g/mol. The van der Waals surface area contributed by atoms with Gasteiger partial charge < -0.3 is 25.2 Å². The van der Waals surface area contributed by atoms with Crippen LogP contribution >= 0.6 is 0 Å². The van der Waals surface area contributed by atoms with Crippen molar-refractivity contribution in [3.63, 3.8) is 0 Å². The smallest absolute Gasteiger partial charge is 0.308 e. The number of piperidine rings is 1. The van der Waals surface area contributed by atoms with Crippen LogP contribution in [0.5, 0.6) is 0 Å². The van der Waals surface area contributed by atoms with Crippen molar-refractivity contribution >= 4 is 29.4 Å². The third kappa shape index (κ3) is 6.94. The molecule has 2 saturated heterocycles. The van der Waals surface area contributed by atoms with Gasteiger partial charge in [-0.3, -0.25) is 19.2 Å². The zero-order chi connectivity index (χ0) is 23.8. The van der Waals surface area contributed by atoms with Gasteiger partial charge in [0.25, 0.3) is 5.91 Å². The Morgan fingerprint density at radius 2 is 1.91 bits per heavy atom. The Morgan fingerprint density at radius 1 is 1.15 bits per heavy atom. The van der Waals surface area contributed by atoms with Crippen LogP contribution in [0.25, 0.3) is 0 Å². The second-order valence-electron chi connectivity index (χ2n) is 8.96. The van der Waals surface area contributed by atoms with Crippen LogP contribution in [0.4, 0.5) is 5.69 Å². The lowest BCUT2D eigenvalue weighted by molar-refractivity contribution is -0.152. The topological polar surface area (TPSA) is 108 Å². The lowest BCUT2D eigenvalue weighted by Crippen LogP contribution is -2.58. The zero-order valence-corrected chi connectivity index (χ0v) is 19.5. The number of likely N-dealkylation sites (tertiary alicyclic amines) is 1. The van der Waals surface area contributed by atoms with Crippen LogP contribution in [0.2, 0.25) is 0 Å². The molecule has 1 aromatic rings. The maximum Gasteiger partial charge on any atom is 0.308 e. The molecule has 180 valence electrons. The lowest BCUT2D eigenvalue weighted by atomic mass is 10.1. The number of esters is 1. The summed E-state index contributed by atoms with van der Waals surface area (Å²) in [4.78, 5) is 53.4. The van der Waals surface area contributed by atoms with Crippen LogP contribution in [0.1, 0.15) is 49.9 Å². The number of nitrogens with one attached hydrogen (secondary N) is 2. The van der Waals surface area contributed by atoms with Crippen LogP contribution in [-0.2, 0) is 19.1 Å². The summed E-state index contributed by atoms with van der Waals surface area (Å²) in [5.41, 5.74) is 1.23. The molecule has 1 unspecified atom stereocenters. The van der Waals surface area contributed by atoms with Crippen LogP contribution in [-0.4, -0.2) is 78.9 Å². The monoisotopic (exact) mass is 458 g/mol. The normalized spacial score (nSPS) is 18.6. The molecule has 2 heterocycles. The molecule has 2 N–H and O–H groups in total. The fraction of sp³-hybridized carbons (Fsp3) is 0.583. The minimum Gasteiger partial charge on any atom is -0.465 e. The van der Waals surface area contributed by atoms with Gasteiger partial charge in [-0.2, -0.15) is 0 Å². The second kappa shape index (κ2) is 11.7. The van der Waals surface area contributed by atoms with E-state index in [0.29, 0.717) is 24.3 Å². The first-order valence-electron chi connectivity index (χ1n) is 11.7. The fourth-order valence-corrected chi connectivity index (χ4v) is 4.01. The third-order valence-corrected chi connectivity index (χ3v) is 5.79. The van der Waals surface area contributed by atoms with E-state index in [1.165, 1.54) is 4.90 Å². The molecule has 2 fully saturated rings. The average Bonchev–Trinajstić information content (AvgIpc) is 2.82. The molecule has 1 atom stereocenters. The summed E-state index contributed by atoms with van der Waals surface area (Å²) in [7, 11) is 0. The Labute approximate surface area is 194 Å². The van der Waals surface area contributed by atoms with Crippen molar-refractivity contribution in [2.75, 3.05) is 44.6 Å². The maximum atomic E-state index is 12.9. The summed E-state index contributed by atoms with van der Waals surface area (Å²) in [6.45, 7) is 6.28. The van der Waals surface area contributed by atoms with Crippen molar-refractivity contribution in [2.24, 2.45) is 5.92 Å². The first kappa shape index (κ1) is 24.5. The van der Waals surface area contributed by atoms with E-state index >= 15 is 0 Å². The summed E-state index contributed by atoms with van der Waals surface area (Å²) in [5.74, 6) is -0.962. The number of piperazine rings is 1. The number of ether oxygens (including phenoxy) is 1. The van der Waals surface area contributed by atoms with Gasteiger partial charge in [-0.25, -0.2) is 0 Å². The fourth-order valence-electron chi connectivity index (χ4n) is 4.01. The highest BCUT2D eigenvalue weighted by Crippen LogP contribution is 2.17. The molecule has 0 spiro atoms. The molecule has 3 amide bonds. The van der Waals surface area contributed by atoms with E-state index < -0.39 is 12.0 Å². The van der Waals surface area contributed by atoms with Gasteiger partial charge >= 0.3 is 5.97 Å². The van der Waals surface area contributed by atoms with Crippen molar-refractivity contribution in [3.05, 3.63) is 29.8 Å². The number of carbonyl (C=O) groups is 4. The zero-order valence-electron chi connectivity index (χ0n) is 19.5. The Bertz CT molecular complexity index is 866. The summed E-state index contributed by atoms with van der Waals surface area (Å²) in [5, 5.41) is 5.77. The first-order valence-corrected chi connectivity index (χ1v) is 11.7.